The van der Waals surface area contributed by atoms with Crippen LogP contribution < -0.4 is 0 Å². The largest absolute Gasteiger partial charge is 0.406 e. The Morgan fingerprint density at radius 2 is 0.889 bits per heavy atom. The van der Waals surface area contributed by atoms with Crippen LogP contribution in [0.15, 0.2) is 0 Å². The van der Waals surface area contributed by atoms with Crippen LogP contribution >= 0.6 is 0 Å². The molecule has 0 radical (unpaired) electrons. The maximum atomic E-state index is 6.18. The molecule has 0 bridgehead atoms. The fraction of sp³-hybridized carbons (Fsp3) is 1.00. The fourth-order valence-electron chi connectivity index (χ4n) is 1.76. The Morgan fingerprint density at radius 1 is 0.667 bits per heavy atom. The third-order valence-electron chi connectivity index (χ3n) is 3.16. The van der Waals surface area contributed by atoms with Gasteiger partial charge in [-0.2, -0.15) is 0 Å². The van der Waals surface area contributed by atoms with Crippen molar-refractivity contribution in [1.29, 1.82) is 0 Å². The van der Waals surface area contributed by atoms with Gasteiger partial charge in [0, 0.05) is 0 Å². The molecule has 18 heavy (non-hydrogen) atoms. The van der Waals surface area contributed by atoms with Crippen LogP contribution in [-0.2, 0) is 16.5 Å². The molecule has 1 aliphatic heterocycles. The van der Waals surface area contributed by atoms with Gasteiger partial charge in [-0.3, -0.25) is 9.13 Å². The summed E-state index contributed by atoms with van der Waals surface area (Å²) < 4.78 is 28.8. The normalized spacial score (nSPS) is 43.0. The van der Waals surface area contributed by atoms with Crippen molar-refractivity contribution in [2.24, 2.45) is 0 Å². The monoisotopic (exact) mass is 326 g/mol. The summed E-state index contributed by atoms with van der Waals surface area (Å²) in [5, 5.41) is 0. The summed E-state index contributed by atoms with van der Waals surface area (Å²) in [6, 6.07) is 0. The molecule has 0 atom stereocenters. The Morgan fingerprint density at radius 3 is 1.06 bits per heavy atom. The zero-order chi connectivity index (χ0) is 14.1. The lowest BCUT2D eigenvalue weighted by atomic mass is 11.3. The van der Waals surface area contributed by atoms with Crippen molar-refractivity contribution < 1.29 is 16.5 Å². The molecule has 6 nitrogen and oxygen atoms in total. The molecular weight excluding hydrogens is 300 g/mol. The minimum Gasteiger partial charge on any atom is -0.406 e. The summed E-state index contributed by atoms with van der Waals surface area (Å²) in [6.45, 7) is 8.22. The maximum absolute atomic E-state index is 6.18. The third kappa shape index (κ3) is 3.81. The van der Waals surface area contributed by atoms with Crippen LogP contribution in [0.2, 0.25) is 26.2 Å². The number of hydrogen-bond donors (Lipinski definition) is 0. The van der Waals surface area contributed by atoms with Crippen LogP contribution in [0.5, 0.6) is 0 Å². The lowest BCUT2D eigenvalue weighted by Gasteiger charge is -2.44. The molecule has 108 valence electrons. The number of rotatable bonds is 2. The van der Waals surface area contributed by atoms with E-state index in [0.717, 1.165) is 0 Å². The van der Waals surface area contributed by atoms with Crippen molar-refractivity contribution in [2.45, 2.75) is 26.2 Å². The highest BCUT2D eigenvalue weighted by Crippen LogP contribution is 2.23. The van der Waals surface area contributed by atoms with Crippen molar-refractivity contribution >= 4 is 36.0 Å². The molecule has 1 aliphatic rings. The highest BCUT2D eigenvalue weighted by Gasteiger charge is 2.48. The van der Waals surface area contributed by atoms with Crippen LogP contribution in [-0.4, -0.2) is 73.3 Å². The van der Waals surface area contributed by atoms with Gasteiger partial charge < -0.3 is 16.5 Å². The van der Waals surface area contributed by atoms with Crippen LogP contribution in [0, 0.1) is 0 Å². The van der Waals surface area contributed by atoms with Crippen molar-refractivity contribution in [3.05, 3.63) is 0 Å². The van der Waals surface area contributed by atoms with E-state index in [9.17, 15) is 0 Å². The van der Waals surface area contributed by atoms with Gasteiger partial charge in [-0.15, -0.1) is 0 Å². The van der Waals surface area contributed by atoms with Gasteiger partial charge >= 0.3 is 36.0 Å². The Labute approximate surface area is 116 Å². The smallest absolute Gasteiger partial charge is 0.406 e. The highest BCUT2D eigenvalue weighted by atomic mass is 28.5. The van der Waals surface area contributed by atoms with E-state index in [2.05, 4.69) is 22.2 Å². The van der Waals surface area contributed by atoms with E-state index in [-0.39, 0.29) is 0 Å². The van der Waals surface area contributed by atoms with E-state index >= 15 is 0 Å². The minimum absolute atomic E-state index is 1.75. The molecule has 1 fully saturated rings. The second kappa shape index (κ2) is 5.95. The molecule has 0 N–H and O–H groups in total. The zero-order valence-corrected chi connectivity index (χ0v) is 17.0. The van der Waals surface area contributed by atoms with Gasteiger partial charge in [0.1, 0.15) is 0 Å². The summed E-state index contributed by atoms with van der Waals surface area (Å²) >= 11 is 0. The van der Waals surface area contributed by atoms with E-state index in [1.54, 1.807) is 0 Å². The Hall–Kier alpha value is 0.628. The van der Waals surface area contributed by atoms with Crippen molar-refractivity contribution in [3.63, 3.8) is 0 Å². The summed E-state index contributed by atoms with van der Waals surface area (Å²) in [4.78, 5) is 0. The molecule has 0 aromatic heterocycles. The molecule has 0 amide bonds. The quantitative estimate of drug-likeness (QED) is 0.667. The molecule has 0 unspecified atom stereocenters. The van der Waals surface area contributed by atoms with E-state index in [1.165, 1.54) is 0 Å². The first-order valence-corrected chi connectivity index (χ1v) is 14.9. The van der Waals surface area contributed by atoms with E-state index in [0.29, 0.717) is 0 Å². The summed E-state index contributed by atoms with van der Waals surface area (Å²) in [6.07, 6.45) is 0. The summed E-state index contributed by atoms with van der Waals surface area (Å²) in [5.74, 6) is 0. The standard InChI is InChI=1S/C8H26N2O4Si4/c1-9(2)17(7)11-15(5)13-18(8,10(3)4)14-16(6)12-17/h15-16H,1-8H3. The SMILES string of the molecule is CN(C)[Si]1(C)O[SiH](C)O[Si](C)(N(C)C)O[SiH](C)O1. The highest BCUT2D eigenvalue weighted by molar-refractivity contribution is 6.83. The van der Waals surface area contributed by atoms with Gasteiger partial charge in [0.25, 0.3) is 0 Å². The summed E-state index contributed by atoms with van der Waals surface area (Å²) in [7, 11) is -0.116. The average molecular weight is 327 g/mol. The molecule has 1 heterocycles. The van der Waals surface area contributed by atoms with Crippen LogP contribution in [0.1, 0.15) is 0 Å². The third-order valence-corrected chi connectivity index (χ3v) is 18.7. The summed E-state index contributed by atoms with van der Waals surface area (Å²) in [5.41, 5.74) is 0. The molecule has 0 aliphatic carbocycles. The van der Waals surface area contributed by atoms with Gasteiger partial charge in [-0.1, -0.05) is 0 Å². The molecule has 0 aromatic carbocycles. The van der Waals surface area contributed by atoms with Crippen molar-refractivity contribution in [3.8, 4) is 0 Å². The molecule has 10 heteroatoms. The first kappa shape index (κ1) is 16.7. The Bertz CT molecular complexity index is 254. The van der Waals surface area contributed by atoms with Crippen molar-refractivity contribution in [2.75, 3.05) is 28.2 Å². The first-order chi connectivity index (χ1) is 8.09. The minimum atomic E-state index is -2.31. The second-order valence-corrected chi connectivity index (χ2v) is 16.6. The van der Waals surface area contributed by atoms with E-state index in [4.69, 9.17) is 16.5 Å². The average Bonchev–Trinajstić information content (AvgIpc) is 2.13. The second-order valence-electron chi connectivity index (χ2n) is 5.19. The van der Waals surface area contributed by atoms with Gasteiger partial charge in [0.2, 0.25) is 0 Å². The van der Waals surface area contributed by atoms with Crippen LogP contribution in [0.3, 0.4) is 0 Å². The van der Waals surface area contributed by atoms with Crippen molar-refractivity contribution in [1.82, 2.24) is 9.13 Å². The molecule has 1 saturated heterocycles. The molecule has 0 spiro atoms. The molecule has 0 aromatic rings. The molecular formula is C8H26N2O4Si4. The Balaban J connectivity index is 2.91. The van der Waals surface area contributed by atoms with Gasteiger partial charge in [-0.05, 0) is 54.4 Å². The number of nitrogens with zero attached hydrogens (tertiary/aromatic N) is 2. The zero-order valence-electron chi connectivity index (χ0n) is 12.7. The van der Waals surface area contributed by atoms with E-state index < -0.39 is 36.0 Å². The van der Waals surface area contributed by atoms with Gasteiger partial charge in [0.15, 0.2) is 0 Å². The lowest BCUT2D eigenvalue weighted by molar-refractivity contribution is 0.199. The van der Waals surface area contributed by atoms with Gasteiger partial charge in [-0.25, -0.2) is 0 Å². The van der Waals surface area contributed by atoms with Crippen LogP contribution in [0.25, 0.3) is 0 Å². The molecule has 1 rings (SSSR count). The maximum Gasteiger partial charge on any atom is 0.406 e. The lowest BCUT2D eigenvalue weighted by Crippen LogP contribution is -2.66. The van der Waals surface area contributed by atoms with Gasteiger partial charge in [0.05, 0.1) is 0 Å². The van der Waals surface area contributed by atoms with Crippen LogP contribution in [0.4, 0.5) is 0 Å². The number of hydrogen-bond acceptors (Lipinski definition) is 6. The predicted octanol–water partition coefficient (Wildman–Crippen LogP) is 0.0276. The first-order valence-electron chi connectivity index (χ1n) is 6.15. The fourth-order valence-corrected chi connectivity index (χ4v) is 17.7. The Kier molecular flexibility index (Phi) is 5.51. The topological polar surface area (TPSA) is 43.4 Å². The van der Waals surface area contributed by atoms with E-state index in [1.807, 2.05) is 41.3 Å². The predicted molar refractivity (Wildman–Crippen MR) is 81.0 cm³/mol. The molecule has 0 saturated carbocycles.